The summed E-state index contributed by atoms with van der Waals surface area (Å²) in [6.45, 7) is 1.75. The quantitative estimate of drug-likeness (QED) is 0.619. The van der Waals surface area contributed by atoms with Crippen LogP contribution in [-0.4, -0.2) is 27.5 Å². The van der Waals surface area contributed by atoms with Crippen molar-refractivity contribution in [1.29, 1.82) is 0 Å². The molecule has 1 atom stereocenters. The molecule has 4 nitrogen and oxygen atoms in total. The molecule has 1 aliphatic heterocycles. The van der Waals surface area contributed by atoms with Crippen LogP contribution in [0.2, 0.25) is 0 Å². The number of ether oxygens (including phenoxy) is 1. The minimum atomic E-state index is 0.358. The van der Waals surface area contributed by atoms with E-state index in [1.165, 1.54) is 6.42 Å². The molecule has 1 aliphatic rings. The molecule has 0 aliphatic carbocycles. The number of aromatic nitrogens is 3. The van der Waals surface area contributed by atoms with Gasteiger partial charge < -0.3 is 4.74 Å². The molecule has 0 N–H and O–H groups in total. The predicted molar refractivity (Wildman–Crippen MR) is 39.0 cm³/mol. The van der Waals surface area contributed by atoms with Crippen molar-refractivity contribution in [2.75, 3.05) is 6.61 Å². The molecule has 0 radical (unpaired) electrons. The second kappa shape index (κ2) is 3.00. The fourth-order valence-electron chi connectivity index (χ4n) is 1.32. The van der Waals surface area contributed by atoms with Gasteiger partial charge in [-0.2, -0.15) is 5.10 Å². The zero-order valence-corrected chi connectivity index (χ0v) is 6.31. The van der Waals surface area contributed by atoms with Crippen molar-refractivity contribution >= 4 is 0 Å². The molecular weight excluding hydrogens is 142 g/mol. The highest BCUT2D eigenvalue weighted by Gasteiger charge is 2.15. The molecule has 0 bridgehead atoms. The summed E-state index contributed by atoms with van der Waals surface area (Å²) in [5, 5.41) is 4.01. The molecule has 1 aromatic heterocycles. The highest BCUT2D eigenvalue weighted by atomic mass is 16.5. The Labute approximate surface area is 65.2 Å². The highest BCUT2D eigenvalue weighted by molar-refractivity contribution is 4.66. The van der Waals surface area contributed by atoms with Crippen molar-refractivity contribution in [2.24, 2.45) is 0 Å². The molecule has 60 valence electrons. The van der Waals surface area contributed by atoms with Crippen LogP contribution in [0.25, 0.3) is 0 Å². The standard InChI is InChI=1S/C7H11N3O/c1-2-7(11-3-1)4-10-6-8-5-9-10/h5-7H,1-4H2. The van der Waals surface area contributed by atoms with Gasteiger partial charge in [0.15, 0.2) is 0 Å². The van der Waals surface area contributed by atoms with Gasteiger partial charge in [-0.1, -0.05) is 0 Å². The Morgan fingerprint density at radius 2 is 2.64 bits per heavy atom. The van der Waals surface area contributed by atoms with Gasteiger partial charge in [0, 0.05) is 6.61 Å². The molecule has 1 aromatic rings. The third-order valence-electron chi connectivity index (χ3n) is 1.88. The molecule has 4 heteroatoms. The van der Waals surface area contributed by atoms with E-state index >= 15 is 0 Å². The van der Waals surface area contributed by atoms with Gasteiger partial charge in [-0.05, 0) is 12.8 Å². The summed E-state index contributed by atoms with van der Waals surface area (Å²) < 4.78 is 7.25. The molecule has 1 saturated heterocycles. The Bertz CT molecular complexity index is 203. The van der Waals surface area contributed by atoms with Crippen molar-refractivity contribution in [3.05, 3.63) is 12.7 Å². The molecule has 2 heterocycles. The first-order valence-electron chi connectivity index (χ1n) is 3.89. The van der Waals surface area contributed by atoms with E-state index in [4.69, 9.17) is 4.74 Å². The van der Waals surface area contributed by atoms with Crippen molar-refractivity contribution in [1.82, 2.24) is 14.8 Å². The van der Waals surface area contributed by atoms with E-state index in [-0.39, 0.29) is 0 Å². The van der Waals surface area contributed by atoms with Crippen LogP contribution in [0, 0.1) is 0 Å². The van der Waals surface area contributed by atoms with Crippen molar-refractivity contribution in [3.63, 3.8) is 0 Å². The van der Waals surface area contributed by atoms with E-state index in [1.54, 1.807) is 12.7 Å². The average Bonchev–Trinajstić information content (AvgIpc) is 2.60. The van der Waals surface area contributed by atoms with Crippen molar-refractivity contribution < 1.29 is 4.74 Å². The van der Waals surface area contributed by atoms with E-state index in [0.717, 1.165) is 19.6 Å². The lowest BCUT2D eigenvalue weighted by Crippen LogP contribution is -2.14. The second-order valence-corrected chi connectivity index (χ2v) is 2.75. The van der Waals surface area contributed by atoms with Gasteiger partial charge in [0.2, 0.25) is 0 Å². The first-order valence-corrected chi connectivity index (χ1v) is 3.89. The summed E-state index contributed by atoms with van der Waals surface area (Å²) in [6, 6.07) is 0. The monoisotopic (exact) mass is 153 g/mol. The summed E-state index contributed by atoms with van der Waals surface area (Å²) in [7, 11) is 0. The topological polar surface area (TPSA) is 39.9 Å². The number of hydrogen-bond acceptors (Lipinski definition) is 3. The van der Waals surface area contributed by atoms with Gasteiger partial charge in [0.25, 0.3) is 0 Å². The number of hydrogen-bond donors (Lipinski definition) is 0. The SMILES string of the molecule is c1ncn(CC2CCCO2)n1. The molecule has 0 spiro atoms. The highest BCUT2D eigenvalue weighted by Crippen LogP contribution is 2.12. The molecule has 11 heavy (non-hydrogen) atoms. The lowest BCUT2D eigenvalue weighted by Gasteiger charge is -2.07. The van der Waals surface area contributed by atoms with Gasteiger partial charge in [-0.25, -0.2) is 4.98 Å². The largest absolute Gasteiger partial charge is 0.376 e. The van der Waals surface area contributed by atoms with Crippen LogP contribution in [0.15, 0.2) is 12.7 Å². The fraction of sp³-hybridized carbons (Fsp3) is 0.714. The molecule has 1 fully saturated rings. The fourth-order valence-corrected chi connectivity index (χ4v) is 1.32. The number of nitrogens with zero attached hydrogens (tertiary/aromatic N) is 3. The summed E-state index contributed by atoms with van der Waals surface area (Å²) >= 11 is 0. The van der Waals surface area contributed by atoms with E-state index in [0.29, 0.717) is 6.10 Å². The molecule has 0 amide bonds. The smallest absolute Gasteiger partial charge is 0.137 e. The van der Waals surface area contributed by atoms with Crippen molar-refractivity contribution in [3.8, 4) is 0 Å². The number of rotatable bonds is 2. The molecule has 2 rings (SSSR count). The van der Waals surface area contributed by atoms with Crippen LogP contribution in [0.3, 0.4) is 0 Å². The minimum absolute atomic E-state index is 0.358. The average molecular weight is 153 g/mol. The van der Waals surface area contributed by atoms with Gasteiger partial charge in [0.1, 0.15) is 12.7 Å². The molecule has 0 aromatic carbocycles. The van der Waals surface area contributed by atoms with Crippen LogP contribution in [0.5, 0.6) is 0 Å². The minimum Gasteiger partial charge on any atom is -0.376 e. The Morgan fingerprint density at radius 3 is 3.27 bits per heavy atom. The Hall–Kier alpha value is -0.900. The molecule has 1 unspecified atom stereocenters. The first-order chi connectivity index (χ1) is 5.45. The van der Waals surface area contributed by atoms with Gasteiger partial charge in [0.05, 0.1) is 12.6 Å². The lowest BCUT2D eigenvalue weighted by atomic mass is 10.2. The Balaban J connectivity index is 1.90. The van der Waals surface area contributed by atoms with Crippen LogP contribution < -0.4 is 0 Å². The van der Waals surface area contributed by atoms with Crippen LogP contribution >= 0.6 is 0 Å². The van der Waals surface area contributed by atoms with Crippen LogP contribution in [0.1, 0.15) is 12.8 Å². The summed E-state index contributed by atoms with van der Waals surface area (Å²) in [5.41, 5.74) is 0. The van der Waals surface area contributed by atoms with Crippen LogP contribution in [0.4, 0.5) is 0 Å². The maximum Gasteiger partial charge on any atom is 0.137 e. The zero-order chi connectivity index (χ0) is 7.52. The van der Waals surface area contributed by atoms with Gasteiger partial charge in [-0.3, -0.25) is 4.68 Å². The summed E-state index contributed by atoms with van der Waals surface area (Å²) in [4.78, 5) is 3.86. The van der Waals surface area contributed by atoms with Gasteiger partial charge in [-0.15, -0.1) is 0 Å². The van der Waals surface area contributed by atoms with Crippen LogP contribution in [-0.2, 0) is 11.3 Å². The normalized spacial score (nSPS) is 24.2. The van der Waals surface area contributed by atoms with E-state index < -0.39 is 0 Å². The summed E-state index contributed by atoms with van der Waals surface area (Å²) in [6.07, 6.45) is 5.97. The molecule has 0 saturated carbocycles. The summed E-state index contributed by atoms with van der Waals surface area (Å²) in [5.74, 6) is 0. The van der Waals surface area contributed by atoms with E-state index in [1.807, 2.05) is 4.68 Å². The third-order valence-corrected chi connectivity index (χ3v) is 1.88. The van der Waals surface area contributed by atoms with Crippen molar-refractivity contribution in [2.45, 2.75) is 25.5 Å². The Morgan fingerprint density at radius 1 is 1.64 bits per heavy atom. The predicted octanol–water partition coefficient (Wildman–Crippen LogP) is 0.457. The van der Waals surface area contributed by atoms with E-state index in [9.17, 15) is 0 Å². The maximum absolute atomic E-state index is 5.44. The first kappa shape index (κ1) is 6.79. The zero-order valence-electron chi connectivity index (χ0n) is 6.31. The maximum atomic E-state index is 5.44. The lowest BCUT2D eigenvalue weighted by molar-refractivity contribution is 0.0939. The Kier molecular flexibility index (Phi) is 1.85. The van der Waals surface area contributed by atoms with E-state index in [2.05, 4.69) is 10.1 Å². The van der Waals surface area contributed by atoms with Gasteiger partial charge >= 0.3 is 0 Å². The molecular formula is C7H11N3O. The second-order valence-electron chi connectivity index (χ2n) is 2.75. The third kappa shape index (κ3) is 1.57.